The van der Waals surface area contributed by atoms with E-state index in [1.54, 1.807) is 0 Å². The molecule has 0 aliphatic rings. The van der Waals surface area contributed by atoms with Crippen molar-refractivity contribution < 1.29 is 4.18 Å². The van der Waals surface area contributed by atoms with Gasteiger partial charge in [0, 0.05) is 11.5 Å². The number of para-hydroxylation sites is 1. The number of rotatable bonds is 15. The minimum Gasteiger partial charge on any atom is -0.454 e. The molecule has 0 saturated heterocycles. The Bertz CT molecular complexity index is 685. The Hall–Kier alpha value is -1.12. The highest BCUT2D eigenvalue weighted by Crippen LogP contribution is 2.90. The molecule has 0 unspecified atom stereocenters. The summed E-state index contributed by atoms with van der Waals surface area (Å²) in [5, 5.41) is 0. The summed E-state index contributed by atoms with van der Waals surface area (Å²) in [7, 11) is 4.33. The molecule has 2 aromatic carbocycles. The molecule has 0 heterocycles. The molecule has 0 aromatic heterocycles. The molecule has 3 heteroatoms. The van der Waals surface area contributed by atoms with Crippen molar-refractivity contribution in [1.29, 1.82) is 0 Å². The molecule has 0 bridgehead atoms. The zero-order chi connectivity index (χ0) is 21.8. The van der Waals surface area contributed by atoms with Gasteiger partial charge >= 0.3 is 0 Å². The van der Waals surface area contributed by atoms with E-state index in [2.05, 4.69) is 49.8 Å². The molecule has 0 atom stereocenters. The summed E-state index contributed by atoms with van der Waals surface area (Å²) >= 11 is 0. The van der Waals surface area contributed by atoms with Gasteiger partial charge < -0.3 is 4.18 Å². The van der Waals surface area contributed by atoms with Crippen LogP contribution in [0.25, 0.3) is 0 Å². The Kier molecular flexibility index (Phi) is 9.18. The third-order valence-corrected chi connectivity index (χ3v) is 10.7. The third-order valence-electron chi connectivity index (χ3n) is 5.88. The SMILES string of the molecule is CCCCCCCCCCCCS(C)(C)(Cl)(Cc1ccccc1)Oc1ccccc1. The average molecular weight is 451 g/mol. The van der Waals surface area contributed by atoms with Crippen LogP contribution >= 0.6 is 18.5 Å². The molecule has 0 spiro atoms. The molecule has 0 fully saturated rings. The zero-order valence-corrected chi connectivity index (χ0v) is 21.0. The van der Waals surface area contributed by atoms with Gasteiger partial charge in [-0.15, -0.1) is 7.79 Å². The third kappa shape index (κ3) is 9.35. The highest BCUT2D eigenvalue weighted by Gasteiger charge is 2.51. The summed E-state index contributed by atoms with van der Waals surface area (Å²) < 4.78 is 6.75. The lowest BCUT2D eigenvalue weighted by Crippen LogP contribution is -2.38. The highest BCUT2D eigenvalue weighted by atomic mass is 35.7. The Morgan fingerprint density at radius 2 is 1.13 bits per heavy atom. The molecule has 170 valence electrons. The van der Waals surface area contributed by atoms with Crippen molar-refractivity contribution in [2.75, 3.05) is 18.3 Å². The molecule has 2 aromatic rings. The molecule has 0 N–H and O–H groups in total. The first-order chi connectivity index (χ1) is 14.2. The van der Waals surface area contributed by atoms with Crippen molar-refractivity contribution in [2.24, 2.45) is 0 Å². The standard InChI is InChI=1S/C27H43ClOS/c1-4-5-6-7-8-9-10-11-12-19-24-30(2,3,28,25-26-20-15-13-16-21-26)29-27-22-17-14-18-23-27/h13-18,20-23H,4-12,19,24-25H2,1-3H3. The van der Waals surface area contributed by atoms with Gasteiger partial charge in [0.2, 0.25) is 0 Å². The number of hydrogen-bond donors (Lipinski definition) is 0. The summed E-state index contributed by atoms with van der Waals surface area (Å²) in [5.41, 5.74) is 1.25. The van der Waals surface area contributed by atoms with E-state index in [9.17, 15) is 0 Å². The van der Waals surface area contributed by atoms with Gasteiger partial charge in [-0.1, -0.05) is 113 Å². The van der Waals surface area contributed by atoms with Crippen LogP contribution in [0.2, 0.25) is 0 Å². The number of halogens is 1. The van der Waals surface area contributed by atoms with E-state index in [4.69, 9.17) is 14.9 Å². The van der Waals surface area contributed by atoms with Gasteiger partial charge in [-0.3, -0.25) is 0 Å². The van der Waals surface area contributed by atoms with Gasteiger partial charge in [0.1, 0.15) is 5.75 Å². The van der Waals surface area contributed by atoms with Gasteiger partial charge in [-0.25, -0.2) is 0 Å². The maximum absolute atomic E-state index is 7.63. The second-order valence-corrected chi connectivity index (χ2v) is 20.1. The van der Waals surface area contributed by atoms with Crippen molar-refractivity contribution in [2.45, 2.75) is 76.9 Å². The molecule has 0 radical (unpaired) electrons. The van der Waals surface area contributed by atoms with E-state index in [0.717, 1.165) is 23.7 Å². The molecule has 1 nitrogen and oxygen atoms in total. The Morgan fingerprint density at radius 1 is 0.667 bits per heavy atom. The lowest BCUT2D eigenvalue weighted by Gasteiger charge is -2.69. The normalized spacial score (nSPS) is 14.1. The van der Waals surface area contributed by atoms with Crippen LogP contribution in [0.15, 0.2) is 60.7 Å². The Labute approximate surface area is 189 Å². The lowest BCUT2D eigenvalue weighted by molar-refractivity contribution is 0.556. The maximum atomic E-state index is 7.63. The molecule has 0 aliphatic carbocycles. The first kappa shape index (κ1) is 25.1. The maximum Gasteiger partial charge on any atom is 0.134 e. The van der Waals surface area contributed by atoms with Gasteiger partial charge in [0.15, 0.2) is 0 Å². The van der Waals surface area contributed by atoms with Crippen LogP contribution in [0.3, 0.4) is 0 Å². The van der Waals surface area contributed by atoms with Crippen LogP contribution in [-0.4, -0.2) is 18.3 Å². The summed E-state index contributed by atoms with van der Waals surface area (Å²) in [6, 6.07) is 20.7. The van der Waals surface area contributed by atoms with E-state index in [1.165, 1.54) is 63.4 Å². The minimum atomic E-state index is -3.29. The van der Waals surface area contributed by atoms with Crippen LogP contribution in [0.1, 0.15) is 76.7 Å². The summed E-state index contributed by atoms with van der Waals surface area (Å²) in [6.45, 7) is 2.28. The molecule has 0 saturated carbocycles. The summed E-state index contributed by atoms with van der Waals surface area (Å²) in [4.78, 5) is 0. The Balaban J connectivity index is 1.93. The molecule has 2 rings (SSSR count). The van der Waals surface area contributed by atoms with Gasteiger partial charge in [-0.2, -0.15) is 0 Å². The molecule has 0 aliphatic heterocycles. The van der Waals surface area contributed by atoms with Gasteiger partial charge in [0.25, 0.3) is 0 Å². The van der Waals surface area contributed by atoms with E-state index in [1.807, 2.05) is 30.3 Å². The largest absolute Gasteiger partial charge is 0.454 e. The van der Waals surface area contributed by atoms with Crippen LogP contribution < -0.4 is 4.18 Å². The fraction of sp³-hybridized carbons (Fsp3) is 0.556. The molecule has 0 amide bonds. The van der Waals surface area contributed by atoms with Crippen molar-refractivity contribution in [1.82, 2.24) is 0 Å². The predicted octanol–water partition coefficient (Wildman–Crippen LogP) is 9.39. The second kappa shape index (κ2) is 11.0. The zero-order valence-electron chi connectivity index (χ0n) is 19.5. The fourth-order valence-corrected chi connectivity index (χ4v) is 8.85. The first-order valence-electron chi connectivity index (χ1n) is 11.8. The molecular formula is C27H43ClOS. The topological polar surface area (TPSA) is 9.23 Å². The van der Waals surface area contributed by atoms with Gasteiger partial charge in [-0.05, 0) is 47.3 Å². The number of benzene rings is 2. The monoisotopic (exact) mass is 450 g/mol. The van der Waals surface area contributed by atoms with Crippen molar-refractivity contribution in [3.05, 3.63) is 66.2 Å². The smallest absolute Gasteiger partial charge is 0.134 e. The molecular weight excluding hydrogens is 408 g/mol. The van der Waals surface area contributed by atoms with E-state index >= 15 is 0 Å². The van der Waals surface area contributed by atoms with Gasteiger partial charge in [0.05, 0.1) is 0 Å². The first-order valence-corrected chi connectivity index (χ1v) is 16.2. The van der Waals surface area contributed by atoms with Crippen molar-refractivity contribution in [3.63, 3.8) is 0 Å². The van der Waals surface area contributed by atoms with Crippen LogP contribution in [0, 0.1) is 0 Å². The van der Waals surface area contributed by atoms with Crippen LogP contribution in [0.4, 0.5) is 0 Å². The predicted molar refractivity (Wildman–Crippen MR) is 139 cm³/mol. The van der Waals surface area contributed by atoms with E-state index in [0.29, 0.717) is 0 Å². The quantitative estimate of drug-likeness (QED) is 0.245. The summed E-state index contributed by atoms with van der Waals surface area (Å²) in [6.07, 6.45) is 17.7. The Morgan fingerprint density at radius 3 is 1.67 bits per heavy atom. The van der Waals surface area contributed by atoms with Crippen LogP contribution in [-0.2, 0) is 5.75 Å². The fourth-order valence-electron chi connectivity index (χ4n) is 4.23. The van der Waals surface area contributed by atoms with E-state index in [-0.39, 0.29) is 0 Å². The average Bonchev–Trinajstić information content (AvgIpc) is 2.70. The lowest BCUT2D eigenvalue weighted by atomic mass is 10.1. The van der Waals surface area contributed by atoms with Crippen molar-refractivity contribution >= 4 is 18.5 Å². The number of unbranched alkanes of at least 4 members (excludes halogenated alkanes) is 9. The second-order valence-electron chi connectivity index (χ2n) is 9.84. The molecule has 30 heavy (non-hydrogen) atoms. The van der Waals surface area contributed by atoms with Crippen LogP contribution in [0.5, 0.6) is 5.75 Å². The number of hydrogen-bond acceptors (Lipinski definition) is 1. The summed E-state index contributed by atoms with van der Waals surface area (Å²) in [5.74, 6) is 2.57. The van der Waals surface area contributed by atoms with Crippen molar-refractivity contribution in [3.8, 4) is 5.75 Å². The highest BCUT2D eigenvalue weighted by molar-refractivity contribution is 8.74. The minimum absolute atomic E-state index is 0.773. The van der Waals surface area contributed by atoms with E-state index < -0.39 is 7.79 Å².